The van der Waals surface area contributed by atoms with E-state index in [1.54, 1.807) is 0 Å². The van der Waals surface area contributed by atoms with Gasteiger partial charge in [0.15, 0.2) is 0 Å². The fraction of sp³-hybridized carbons (Fsp3) is 0.692. The third-order valence-corrected chi connectivity index (χ3v) is 4.64. The van der Waals surface area contributed by atoms with Crippen molar-refractivity contribution in [3.63, 3.8) is 0 Å². The molecule has 1 aromatic heterocycles. The molecule has 1 saturated carbocycles. The maximum Gasteiger partial charge on any atom is 0.133 e. The van der Waals surface area contributed by atoms with Crippen LogP contribution in [0.1, 0.15) is 44.1 Å². The molecule has 0 atom stereocenters. The smallest absolute Gasteiger partial charge is 0.133 e. The number of thioether (sulfide) groups is 1. The van der Waals surface area contributed by atoms with Crippen LogP contribution < -0.4 is 5.32 Å². The predicted molar refractivity (Wildman–Crippen MR) is 74.8 cm³/mol. The Morgan fingerprint density at radius 3 is 2.65 bits per heavy atom. The Kier molecular flexibility index (Phi) is 3.61. The first-order valence-electron chi connectivity index (χ1n) is 6.19. The number of hydrogen-bond acceptors (Lipinski definition) is 4. The third kappa shape index (κ3) is 3.12. The van der Waals surface area contributed by atoms with Gasteiger partial charge in [0.25, 0.3) is 0 Å². The lowest BCUT2D eigenvalue weighted by molar-refractivity contribution is 0.765. The molecule has 1 aliphatic rings. The maximum atomic E-state index is 4.57. The van der Waals surface area contributed by atoms with E-state index >= 15 is 0 Å². The summed E-state index contributed by atoms with van der Waals surface area (Å²) in [5.41, 5.74) is 1.04. The average Bonchev–Trinajstić information content (AvgIpc) is 3.06. The Morgan fingerprint density at radius 2 is 2.12 bits per heavy atom. The lowest BCUT2D eigenvalue weighted by atomic mass is 10.2. The molecule has 0 aromatic carbocycles. The summed E-state index contributed by atoms with van der Waals surface area (Å²) >= 11 is 1.97. The summed E-state index contributed by atoms with van der Waals surface area (Å²) in [6.45, 7) is 7.30. The predicted octanol–water partition coefficient (Wildman–Crippen LogP) is 3.22. The van der Waals surface area contributed by atoms with Gasteiger partial charge in [-0.1, -0.05) is 13.8 Å². The zero-order chi connectivity index (χ0) is 12.5. The molecule has 0 spiro atoms. The van der Waals surface area contributed by atoms with Crippen molar-refractivity contribution < 1.29 is 0 Å². The number of aryl methyl sites for hydroxylation is 1. The molecule has 1 heterocycles. The second-order valence-corrected chi connectivity index (χ2v) is 6.42. The van der Waals surface area contributed by atoms with Gasteiger partial charge in [0.1, 0.15) is 11.6 Å². The molecular weight excluding hydrogens is 230 g/mol. The van der Waals surface area contributed by atoms with E-state index in [1.165, 1.54) is 12.8 Å². The van der Waals surface area contributed by atoms with Gasteiger partial charge in [-0.05, 0) is 26.0 Å². The second kappa shape index (κ2) is 4.84. The molecule has 0 aliphatic heterocycles. The van der Waals surface area contributed by atoms with Gasteiger partial charge in [-0.3, -0.25) is 0 Å². The minimum Gasteiger partial charge on any atom is -0.369 e. The van der Waals surface area contributed by atoms with E-state index in [0.29, 0.717) is 10.7 Å². The zero-order valence-corrected chi connectivity index (χ0v) is 11.9. The highest BCUT2D eigenvalue weighted by Gasteiger charge is 2.41. The molecule has 0 radical (unpaired) electrons. The van der Waals surface area contributed by atoms with Crippen molar-refractivity contribution in [2.24, 2.45) is 0 Å². The van der Waals surface area contributed by atoms with Crippen LogP contribution in [0.15, 0.2) is 6.07 Å². The van der Waals surface area contributed by atoms with Gasteiger partial charge < -0.3 is 5.32 Å². The third-order valence-electron chi connectivity index (χ3n) is 3.22. The highest BCUT2D eigenvalue weighted by atomic mass is 32.2. The van der Waals surface area contributed by atoms with Crippen LogP contribution in [0.4, 0.5) is 5.82 Å². The van der Waals surface area contributed by atoms with Crippen LogP contribution in [-0.4, -0.2) is 27.5 Å². The van der Waals surface area contributed by atoms with Gasteiger partial charge in [0, 0.05) is 29.0 Å². The van der Waals surface area contributed by atoms with Gasteiger partial charge in [0.2, 0.25) is 0 Å². The molecule has 17 heavy (non-hydrogen) atoms. The average molecular weight is 251 g/mol. The number of aromatic nitrogens is 2. The summed E-state index contributed by atoms with van der Waals surface area (Å²) in [4.78, 5) is 9.02. The van der Waals surface area contributed by atoms with Crippen molar-refractivity contribution in [1.29, 1.82) is 0 Å². The Labute approximate surface area is 108 Å². The SMILES string of the molecule is CSC1(CNc2cc(C)nc(C(C)C)n2)CC1. The number of anilines is 1. The van der Waals surface area contributed by atoms with Crippen LogP contribution in [0.25, 0.3) is 0 Å². The Hall–Kier alpha value is -0.770. The highest BCUT2D eigenvalue weighted by molar-refractivity contribution is 8.00. The van der Waals surface area contributed by atoms with Crippen LogP contribution in [0.2, 0.25) is 0 Å². The summed E-state index contributed by atoms with van der Waals surface area (Å²) in [6, 6.07) is 2.03. The lowest BCUT2D eigenvalue weighted by Gasteiger charge is -2.15. The van der Waals surface area contributed by atoms with E-state index in [0.717, 1.165) is 23.9 Å². The van der Waals surface area contributed by atoms with E-state index in [1.807, 2.05) is 24.8 Å². The molecule has 0 unspecified atom stereocenters. The Bertz CT molecular complexity index is 400. The second-order valence-electron chi connectivity index (χ2n) is 5.15. The fourth-order valence-corrected chi connectivity index (χ4v) is 2.51. The van der Waals surface area contributed by atoms with Crippen molar-refractivity contribution in [1.82, 2.24) is 9.97 Å². The molecule has 2 rings (SSSR count). The van der Waals surface area contributed by atoms with Crippen LogP contribution >= 0.6 is 11.8 Å². The Morgan fingerprint density at radius 1 is 1.41 bits per heavy atom. The van der Waals surface area contributed by atoms with Crippen molar-refractivity contribution in [3.05, 3.63) is 17.6 Å². The van der Waals surface area contributed by atoms with Gasteiger partial charge in [0.05, 0.1) is 0 Å². The quantitative estimate of drug-likeness (QED) is 0.872. The molecule has 0 bridgehead atoms. The van der Waals surface area contributed by atoms with Crippen LogP contribution in [0.3, 0.4) is 0 Å². The van der Waals surface area contributed by atoms with Crippen LogP contribution in [0.5, 0.6) is 0 Å². The summed E-state index contributed by atoms with van der Waals surface area (Å²) in [5.74, 6) is 2.29. The van der Waals surface area contributed by atoms with Gasteiger partial charge in [-0.2, -0.15) is 11.8 Å². The molecule has 1 fully saturated rings. The van der Waals surface area contributed by atoms with Crippen molar-refractivity contribution >= 4 is 17.6 Å². The normalized spacial score (nSPS) is 17.2. The standard InChI is InChI=1S/C13H21N3S/c1-9(2)12-15-10(3)7-11(16-12)14-8-13(17-4)5-6-13/h7,9H,5-6,8H2,1-4H3,(H,14,15,16). The molecular formula is C13H21N3S. The summed E-state index contributed by atoms with van der Waals surface area (Å²) in [7, 11) is 0. The molecule has 4 heteroatoms. The zero-order valence-electron chi connectivity index (χ0n) is 11.1. The van der Waals surface area contributed by atoms with E-state index in [9.17, 15) is 0 Å². The summed E-state index contributed by atoms with van der Waals surface area (Å²) in [6.07, 6.45) is 4.84. The molecule has 1 aromatic rings. The summed E-state index contributed by atoms with van der Waals surface area (Å²) < 4.78 is 0.469. The van der Waals surface area contributed by atoms with E-state index in [-0.39, 0.29) is 0 Å². The van der Waals surface area contributed by atoms with Gasteiger partial charge in [-0.25, -0.2) is 9.97 Å². The molecule has 3 nitrogen and oxygen atoms in total. The van der Waals surface area contributed by atoms with E-state index < -0.39 is 0 Å². The first-order valence-corrected chi connectivity index (χ1v) is 7.42. The fourth-order valence-electron chi connectivity index (χ4n) is 1.78. The van der Waals surface area contributed by atoms with Crippen molar-refractivity contribution in [2.75, 3.05) is 18.1 Å². The van der Waals surface area contributed by atoms with Gasteiger partial charge in [-0.15, -0.1) is 0 Å². The van der Waals surface area contributed by atoms with Crippen LogP contribution in [-0.2, 0) is 0 Å². The molecule has 94 valence electrons. The number of rotatable bonds is 5. The monoisotopic (exact) mass is 251 g/mol. The first kappa shape index (κ1) is 12.7. The molecule has 1 N–H and O–H groups in total. The molecule has 0 saturated heterocycles. The lowest BCUT2D eigenvalue weighted by Crippen LogP contribution is -2.18. The first-order chi connectivity index (χ1) is 8.04. The number of nitrogens with one attached hydrogen (secondary N) is 1. The minimum absolute atomic E-state index is 0.380. The van der Waals surface area contributed by atoms with Crippen molar-refractivity contribution in [2.45, 2.75) is 44.3 Å². The minimum atomic E-state index is 0.380. The Balaban J connectivity index is 2.05. The summed E-state index contributed by atoms with van der Waals surface area (Å²) in [5, 5.41) is 3.46. The molecule has 1 aliphatic carbocycles. The molecule has 0 amide bonds. The maximum absolute atomic E-state index is 4.57. The van der Waals surface area contributed by atoms with E-state index in [4.69, 9.17) is 0 Å². The van der Waals surface area contributed by atoms with Crippen molar-refractivity contribution in [3.8, 4) is 0 Å². The van der Waals surface area contributed by atoms with Crippen LogP contribution in [0, 0.1) is 6.92 Å². The largest absolute Gasteiger partial charge is 0.369 e. The number of hydrogen-bond donors (Lipinski definition) is 1. The van der Waals surface area contributed by atoms with Gasteiger partial charge >= 0.3 is 0 Å². The topological polar surface area (TPSA) is 37.8 Å². The van der Waals surface area contributed by atoms with E-state index in [2.05, 4.69) is 35.4 Å². The number of nitrogens with zero attached hydrogens (tertiary/aromatic N) is 2. The highest BCUT2D eigenvalue weighted by Crippen LogP contribution is 2.46.